The number of piperidine rings is 1. The van der Waals surface area contributed by atoms with Crippen LogP contribution >= 0.6 is 0 Å². The standard InChI is InChI=1S/C24H21F2N3O/c1-15(29-10-7-24(25,26)8-11-29)16-2-4-20-19(12-16)14-28-22(20)18-3-5-21-17(13-18)6-9-27-23(21)30/h2-6,9,12-13H,1,7-8,10-11,14H2,(H,27,30). The molecule has 5 rings (SSSR count). The third kappa shape index (κ3) is 3.22. The SMILES string of the molecule is C=C(c1ccc2c(c1)CN=C2c1ccc2c(=O)[nH]ccc2c1)N1CCC(F)(F)CC1. The molecule has 1 aromatic heterocycles. The van der Waals surface area contributed by atoms with E-state index < -0.39 is 5.92 Å². The van der Waals surface area contributed by atoms with Crippen molar-refractivity contribution in [2.24, 2.45) is 4.99 Å². The van der Waals surface area contributed by atoms with Crippen LogP contribution in [0.5, 0.6) is 0 Å². The second kappa shape index (κ2) is 6.90. The van der Waals surface area contributed by atoms with Gasteiger partial charge in [-0.15, -0.1) is 0 Å². The van der Waals surface area contributed by atoms with Crippen LogP contribution in [0.3, 0.4) is 0 Å². The second-order valence-corrected chi connectivity index (χ2v) is 7.94. The average molecular weight is 405 g/mol. The van der Waals surface area contributed by atoms with E-state index in [0.717, 1.165) is 39.0 Å². The van der Waals surface area contributed by atoms with E-state index in [1.165, 1.54) is 0 Å². The Balaban J connectivity index is 1.41. The van der Waals surface area contributed by atoms with Crippen LogP contribution in [0.15, 0.2) is 65.0 Å². The van der Waals surface area contributed by atoms with Gasteiger partial charge < -0.3 is 9.88 Å². The molecule has 0 amide bonds. The number of benzene rings is 2. The first-order valence-corrected chi connectivity index (χ1v) is 10.0. The monoisotopic (exact) mass is 405 g/mol. The van der Waals surface area contributed by atoms with Gasteiger partial charge in [0.15, 0.2) is 0 Å². The molecule has 0 saturated carbocycles. The van der Waals surface area contributed by atoms with Crippen molar-refractivity contribution in [3.63, 3.8) is 0 Å². The summed E-state index contributed by atoms with van der Waals surface area (Å²) in [5.41, 5.74) is 5.65. The van der Waals surface area contributed by atoms with Gasteiger partial charge in [0.2, 0.25) is 0 Å². The van der Waals surface area contributed by atoms with Crippen LogP contribution in [0.25, 0.3) is 16.5 Å². The van der Waals surface area contributed by atoms with E-state index in [1.54, 1.807) is 6.20 Å². The Morgan fingerprint density at radius 3 is 2.70 bits per heavy atom. The summed E-state index contributed by atoms with van der Waals surface area (Å²) in [4.78, 5) is 21.3. The van der Waals surface area contributed by atoms with E-state index in [1.807, 2.05) is 41.3 Å². The predicted molar refractivity (Wildman–Crippen MR) is 115 cm³/mol. The number of hydrogen-bond donors (Lipinski definition) is 1. The summed E-state index contributed by atoms with van der Waals surface area (Å²) < 4.78 is 26.9. The number of rotatable bonds is 3. The van der Waals surface area contributed by atoms with Crippen molar-refractivity contribution in [2.75, 3.05) is 13.1 Å². The van der Waals surface area contributed by atoms with Crippen molar-refractivity contribution in [2.45, 2.75) is 25.3 Å². The zero-order valence-corrected chi connectivity index (χ0v) is 16.4. The third-order valence-electron chi connectivity index (χ3n) is 6.02. The first-order chi connectivity index (χ1) is 14.4. The maximum absolute atomic E-state index is 13.5. The summed E-state index contributed by atoms with van der Waals surface area (Å²) in [5.74, 6) is -2.57. The first kappa shape index (κ1) is 18.7. The molecule has 1 N–H and O–H groups in total. The Bertz CT molecular complexity index is 1250. The van der Waals surface area contributed by atoms with Crippen molar-refractivity contribution in [3.8, 4) is 0 Å². The minimum atomic E-state index is -2.57. The lowest BCUT2D eigenvalue weighted by Gasteiger charge is -2.34. The lowest BCUT2D eigenvalue weighted by atomic mass is 9.96. The van der Waals surface area contributed by atoms with Crippen molar-refractivity contribution >= 4 is 22.2 Å². The van der Waals surface area contributed by atoms with Crippen LogP contribution < -0.4 is 5.56 Å². The molecule has 30 heavy (non-hydrogen) atoms. The Labute approximate surface area is 172 Å². The summed E-state index contributed by atoms with van der Waals surface area (Å²) in [6.45, 7) is 5.36. The number of likely N-dealkylation sites (tertiary alicyclic amines) is 1. The summed E-state index contributed by atoms with van der Waals surface area (Å²) in [6.07, 6.45) is 1.39. The molecule has 4 nitrogen and oxygen atoms in total. The fourth-order valence-electron chi connectivity index (χ4n) is 4.26. The fraction of sp³-hybridized carbons (Fsp3) is 0.250. The van der Waals surface area contributed by atoms with Crippen molar-refractivity contribution < 1.29 is 8.78 Å². The molecule has 0 atom stereocenters. The highest BCUT2D eigenvalue weighted by atomic mass is 19.3. The quantitative estimate of drug-likeness (QED) is 0.693. The Hall–Kier alpha value is -3.28. The molecule has 0 bridgehead atoms. The fourth-order valence-corrected chi connectivity index (χ4v) is 4.26. The Morgan fingerprint density at radius 1 is 1.10 bits per heavy atom. The van der Waals surface area contributed by atoms with Crippen molar-refractivity contribution in [1.82, 2.24) is 9.88 Å². The van der Waals surface area contributed by atoms with Gasteiger partial charge >= 0.3 is 0 Å². The van der Waals surface area contributed by atoms with Gasteiger partial charge in [0.05, 0.1) is 12.3 Å². The van der Waals surface area contributed by atoms with Crippen LogP contribution in [-0.4, -0.2) is 34.6 Å². The molecule has 0 aliphatic carbocycles. The molecular weight excluding hydrogens is 384 g/mol. The molecule has 2 aromatic carbocycles. The minimum Gasteiger partial charge on any atom is -0.371 e. The van der Waals surface area contributed by atoms with Gasteiger partial charge in [-0.2, -0.15) is 0 Å². The van der Waals surface area contributed by atoms with E-state index >= 15 is 0 Å². The first-order valence-electron chi connectivity index (χ1n) is 10.0. The largest absolute Gasteiger partial charge is 0.371 e. The molecule has 152 valence electrons. The highest BCUT2D eigenvalue weighted by Crippen LogP contribution is 2.33. The molecule has 0 radical (unpaired) electrons. The van der Waals surface area contributed by atoms with Gasteiger partial charge in [-0.1, -0.05) is 24.8 Å². The molecule has 3 aromatic rings. The number of H-pyrrole nitrogens is 1. The van der Waals surface area contributed by atoms with Gasteiger partial charge in [0.25, 0.3) is 11.5 Å². The Kier molecular flexibility index (Phi) is 4.31. The van der Waals surface area contributed by atoms with E-state index in [0.29, 0.717) is 25.0 Å². The molecular formula is C24H21F2N3O. The molecule has 2 aliphatic heterocycles. The van der Waals surface area contributed by atoms with Gasteiger partial charge in [-0.05, 0) is 40.8 Å². The van der Waals surface area contributed by atoms with Gasteiger partial charge in [0.1, 0.15) is 0 Å². The van der Waals surface area contributed by atoms with E-state index in [9.17, 15) is 13.6 Å². The number of hydrogen-bond acceptors (Lipinski definition) is 3. The summed E-state index contributed by atoms with van der Waals surface area (Å²) in [7, 11) is 0. The lowest BCUT2D eigenvalue weighted by Crippen LogP contribution is -2.38. The topological polar surface area (TPSA) is 48.5 Å². The molecule has 0 spiro atoms. The summed E-state index contributed by atoms with van der Waals surface area (Å²) >= 11 is 0. The minimum absolute atomic E-state index is 0.105. The maximum atomic E-state index is 13.5. The number of fused-ring (bicyclic) bond motifs is 2. The number of aliphatic imine (C=N–C) groups is 1. The number of halogens is 2. The molecule has 3 heterocycles. The number of nitrogens with one attached hydrogen (secondary N) is 1. The van der Waals surface area contributed by atoms with Crippen LogP contribution in [0.1, 0.15) is 35.1 Å². The van der Waals surface area contributed by atoms with Gasteiger partial charge in [-0.25, -0.2) is 8.78 Å². The number of aromatic amines is 1. The van der Waals surface area contributed by atoms with E-state index in [-0.39, 0.29) is 18.4 Å². The lowest BCUT2D eigenvalue weighted by molar-refractivity contribution is -0.0450. The highest BCUT2D eigenvalue weighted by molar-refractivity contribution is 6.16. The van der Waals surface area contributed by atoms with Crippen molar-refractivity contribution in [3.05, 3.63) is 87.8 Å². The molecule has 2 aliphatic rings. The van der Waals surface area contributed by atoms with E-state index in [2.05, 4.69) is 17.6 Å². The predicted octanol–water partition coefficient (Wildman–Crippen LogP) is 4.58. The second-order valence-electron chi connectivity index (χ2n) is 7.94. The number of nitrogens with zero attached hydrogens (tertiary/aromatic N) is 2. The van der Waals surface area contributed by atoms with Gasteiger partial charge in [-0.3, -0.25) is 9.79 Å². The molecule has 1 fully saturated rings. The summed E-state index contributed by atoms with van der Waals surface area (Å²) in [6, 6.07) is 13.7. The molecule has 0 unspecified atom stereocenters. The smallest absolute Gasteiger partial charge is 0.255 e. The van der Waals surface area contributed by atoms with Crippen LogP contribution in [0.2, 0.25) is 0 Å². The van der Waals surface area contributed by atoms with Crippen LogP contribution in [0.4, 0.5) is 8.78 Å². The van der Waals surface area contributed by atoms with E-state index in [4.69, 9.17) is 4.99 Å². The van der Waals surface area contributed by atoms with Gasteiger partial charge in [0, 0.05) is 54.3 Å². The maximum Gasteiger partial charge on any atom is 0.255 e. The average Bonchev–Trinajstić information content (AvgIpc) is 3.16. The Morgan fingerprint density at radius 2 is 1.90 bits per heavy atom. The van der Waals surface area contributed by atoms with Crippen LogP contribution in [-0.2, 0) is 6.54 Å². The zero-order chi connectivity index (χ0) is 20.9. The third-order valence-corrected chi connectivity index (χ3v) is 6.02. The van der Waals surface area contributed by atoms with Crippen molar-refractivity contribution in [1.29, 1.82) is 0 Å². The summed E-state index contributed by atoms with van der Waals surface area (Å²) in [5, 5.41) is 1.53. The van der Waals surface area contributed by atoms with Crippen LogP contribution in [0, 0.1) is 0 Å². The number of pyridine rings is 1. The number of aromatic nitrogens is 1. The zero-order valence-electron chi connectivity index (χ0n) is 16.4. The molecule has 1 saturated heterocycles. The number of alkyl halides is 2. The normalized spacial score (nSPS) is 17.7. The molecule has 6 heteroatoms. The highest BCUT2D eigenvalue weighted by Gasteiger charge is 2.34.